The number of nitrogens with one attached hydrogen (secondary N) is 1. The molecule has 0 amide bonds. The van der Waals surface area contributed by atoms with Crippen LogP contribution >= 0.6 is 12.4 Å². The third kappa shape index (κ3) is 4.52. The van der Waals surface area contributed by atoms with Crippen molar-refractivity contribution in [3.63, 3.8) is 0 Å². The second-order valence-corrected chi connectivity index (χ2v) is 6.14. The molecule has 3 rings (SSSR count). The summed E-state index contributed by atoms with van der Waals surface area (Å²) < 4.78 is 5.34. The number of ether oxygens (including phenoxy) is 1. The molecule has 6 nitrogen and oxygen atoms in total. The van der Waals surface area contributed by atoms with Gasteiger partial charge >= 0.3 is 5.97 Å². The Balaban J connectivity index is 0.00000261. The van der Waals surface area contributed by atoms with E-state index in [1.165, 1.54) is 6.20 Å². The second-order valence-electron chi connectivity index (χ2n) is 6.14. The van der Waals surface area contributed by atoms with Crippen molar-refractivity contribution >= 4 is 40.8 Å². The molecule has 0 unspecified atom stereocenters. The van der Waals surface area contributed by atoms with Gasteiger partial charge < -0.3 is 10.1 Å². The van der Waals surface area contributed by atoms with Crippen molar-refractivity contribution in [1.29, 1.82) is 5.26 Å². The molecule has 3 aromatic rings. The number of nitriles is 1. The van der Waals surface area contributed by atoms with E-state index in [1.807, 2.05) is 25.1 Å². The van der Waals surface area contributed by atoms with Gasteiger partial charge in [-0.05, 0) is 51.1 Å². The zero-order valence-electron chi connectivity index (χ0n) is 15.2. The van der Waals surface area contributed by atoms with Crippen molar-refractivity contribution in [2.75, 3.05) is 5.32 Å². The summed E-state index contributed by atoms with van der Waals surface area (Å²) in [5, 5.41) is 13.0. The predicted octanol–water partition coefficient (Wildman–Crippen LogP) is 4.54. The molecule has 0 aliphatic carbocycles. The smallest absolute Gasteiger partial charge is 0.342 e. The number of anilines is 2. The quantitative estimate of drug-likeness (QED) is 0.666. The summed E-state index contributed by atoms with van der Waals surface area (Å²) in [7, 11) is 0. The van der Waals surface area contributed by atoms with E-state index < -0.39 is 5.97 Å². The van der Waals surface area contributed by atoms with Crippen LogP contribution < -0.4 is 5.32 Å². The zero-order valence-corrected chi connectivity index (χ0v) is 16.0. The van der Waals surface area contributed by atoms with Crippen LogP contribution in [0.1, 0.15) is 35.5 Å². The molecule has 1 N–H and O–H groups in total. The molecule has 27 heavy (non-hydrogen) atoms. The number of pyridine rings is 2. The van der Waals surface area contributed by atoms with Crippen LogP contribution in [-0.2, 0) is 4.74 Å². The molecule has 138 valence electrons. The summed E-state index contributed by atoms with van der Waals surface area (Å²) in [5.74, 6) is -0.464. The van der Waals surface area contributed by atoms with Gasteiger partial charge in [-0.3, -0.25) is 0 Å². The number of halogens is 1. The highest BCUT2D eigenvalue weighted by molar-refractivity contribution is 6.05. The minimum Gasteiger partial charge on any atom is -0.459 e. The summed E-state index contributed by atoms with van der Waals surface area (Å²) >= 11 is 0. The van der Waals surface area contributed by atoms with E-state index in [4.69, 9.17) is 10.00 Å². The second kappa shape index (κ2) is 8.47. The van der Waals surface area contributed by atoms with Crippen LogP contribution in [-0.4, -0.2) is 22.0 Å². The van der Waals surface area contributed by atoms with Crippen LogP contribution in [0.2, 0.25) is 0 Å². The van der Waals surface area contributed by atoms with E-state index >= 15 is 0 Å². The van der Waals surface area contributed by atoms with Gasteiger partial charge in [-0.2, -0.15) is 5.26 Å². The lowest BCUT2D eigenvalue weighted by atomic mass is 10.1. The van der Waals surface area contributed by atoms with Crippen LogP contribution in [0.4, 0.5) is 11.4 Å². The van der Waals surface area contributed by atoms with Crippen LogP contribution in [0.15, 0.2) is 42.6 Å². The topological polar surface area (TPSA) is 87.9 Å². The van der Waals surface area contributed by atoms with E-state index in [-0.39, 0.29) is 18.5 Å². The minimum absolute atomic E-state index is 0. The number of esters is 1. The fraction of sp³-hybridized carbons (Fsp3) is 0.200. The van der Waals surface area contributed by atoms with E-state index in [0.717, 1.165) is 5.69 Å². The molecule has 2 heterocycles. The third-order valence-corrected chi connectivity index (χ3v) is 3.69. The Morgan fingerprint density at radius 1 is 1.26 bits per heavy atom. The summed E-state index contributed by atoms with van der Waals surface area (Å²) in [4.78, 5) is 21.2. The van der Waals surface area contributed by atoms with E-state index in [1.54, 1.807) is 32.0 Å². The Bertz CT molecular complexity index is 1030. The van der Waals surface area contributed by atoms with Gasteiger partial charge in [0.2, 0.25) is 0 Å². The summed E-state index contributed by atoms with van der Waals surface area (Å²) in [6.07, 6.45) is 1.22. The van der Waals surface area contributed by atoms with Crippen molar-refractivity contribution in [2.45, 2.75) is 26.9 Å². The first-order valence-corrected chi connectivity index (χ1v) is 8.22. The highest BCUT2D eigenvalue weighted by atomic mass is 35.5. The number of aromatic nitrogens is 2. The SMILES string of the molecule is Cc1ccc2c(Nc3cccc(C#N)c3)c(C(=O)OC(C)C)cnc2n1.Cl. The summed E-state index contributed by atoms with van der Waals surface area (Å²) in [5.41, 5.74) is 3.46. The first-order valence-electron chi connectivity index (χ1n) is 8.22. The van der Waals surface area contributed by atoms with Gasteiger partial charge in [0, 0.05) is 23.0 Å². The number of nitrogens with zero attached hydrogens (tertiary/aromatic N) is 3. The van der Waals surface area contributed by atoms with Crippen molar-refractivity contribution in [3.05, 3.63) is 59.4 Å². The van der Waals surface area contributed by atoms with Gasteiger partial charge in [0.25, 0.3) is 0 Å². The largest absolute Gasteiger partial charge is 0.459 e. The molecule has 7 heteroatoms. The molecule has 0 fully saturated rings. The summed E-state index contributed by atoms with van der Waals surface area (Å²) in [6.45, 7) is 5.47. The Morgan fingerprint density at radius 2 is 2.04 bits per heavy atom. The molecule has 0 spiro atoms. The van der Waals surface area contributed by atoms with Gasteiger partial charge in [-0.1, -0.05) is 6.07 Å². The maximum atomic E-state index is 12.5. The maximum Gasteiger partial charge on any atom is 0.342 e. The van der Waals surface area contributed by atoms with Gasteiger partial charge in [-0.15, -0.1) is 12.4 Å². The number of hydrogen-bond donors (Lipinski definition) is 1. The molecular formula is C20H19ClN4O2. The Kier molecular flexibility index (Phi) is 6.32. The van der Waals surface area contributed by atoms with Crippen molar-refractivity contribution in [1.82, 2.24) is 9.97 Å². The van der Waals surface area contributed by atoms with E-state index in [9.17, 15) is 4.79 Å². The van der Waals surface area contributed by atoms with Gasteiger partial charge in [0.05, 0.1) is 23.4 Å². The number of carbonyl (C=O) groups excluding carboxylic acids is 1. The summed E-state index contributed by atoms with van der Waals surface area (Å²) in [6, 6.07) is 12.9. The zero-order chi connectivity index (χ0) is 18.7. The molecule has 0 radical (unpaired) electrons. The normalized spacial score (nSPS) is 10.2. The number of hydrogen-bond acceptors (Lipinski definition) is 6. The van der Waals surface area contributed by atoms with Gasteiger partial charge in [0.15, 0.2) is 5.65 Å². The van der Waals surface area contributed by atoms with E-state index in [0.29, 0.717) is 33.5 Å². The van der Waals surface area contributed by atoms with Crippen LogP contribution in [0.3, 0.4) is 0 Å². The van der Waals surface area contributed by atoms with Crippen LogP contribution in [0.25, 0.3) is 11.0 Å². The minimum atomic E-state index is -0.464. The average Bonchev–Trinajstić information content (AvgIpc) is 2.61. The van der Waals surface area contributed by atoms with Crippen molar-refractivity contribution in [3.8, 4) is 6.07 Å². The number of benzene rings is 1. The van der Waals surface area contributed by atoms with Crippen molar-refractivity contribution < 1.29 is 9.53 Å². The molecule has 0 aliphatic heterocycles. The Labute approximate surface area is 163 Å². The highest BCUT2D eigenvalue weighted by Gasteiger charge is 2.19. The Morgan fingerprint density at radius 3 is 2.74 bits per heavy atom. The maximum absolute atomic E-state index is 12.5. The molecule has 1 aromatic carbocycles. The third-order valence-electron chi connectivity index (χ3n) is 3.69. The molecular weight excluding hydrogens is 364 g/mol. The molecule has 0 aliphatic rings. The monoisotopic (exact) mass is 382 g/mol. The fourth-order valence-corrected chi connectivity index (χ4v) is 2.55. The molecule has 0 saturated carbocycles. The average molecular weight is 383 g/mol. The number of fused-ring (bicyclic) bond motifs is 1. The lowest BCUT2D eigenvalue weighted by Crippen LogP contribution is -2.14. The molecule has 0 bridgehead atoms. The molecule has 0 atom stereocenters. The van der Waals surface area contributed by atoms with Gasteiger partial charge in [0.1, 0.15) is 5.56 Å². The molecule has 0 saturated heterocycles. The number of rotatable bonds is 4. The van der Waals surface area contributed by atoms with E-state index in [2.05, 4.69) is 21.4 Å². The standard InChI is InChI=1S/C20H18N4O2.ClH/c1-12(2)26-20(25)17-11-22-19-16(8-7-13(3)23-19)18(17)24-15-6-4-5-14(9-15)10-21;/h4-9,11-12H,1-3H3,(H,22,23,24);1H. The van der Waals surface area contributed by atoms with Crippen LogP contribution in [0, 0.1) is 18.3 Å². The first-order chi connectivity index (χ1) is 12.5. The predicted molar refractivity (Wildman–Crippen MR) is 107 cm³/mol. The fourth-order valence-electron chi connectivity index (χ4n) is 2.55. The van der Waals surface area contributed by atoms with Gasteiger partial charge in [-0.25, -0.2) is 14.8 Å². The number of aryl methyl sites for hydroxylation is 1. The lowest BCUT2D eigenvalue weighted by molar-refractivity contribution is 0.0379. The molecule has 2 aromatic heterocycles. The lowest BCUT2D eigenvalue weighted by Gasteiger charge is -2.15. The highest BCUT2D eigenvalue weighted by Crippen LogP contribution is 2.29. The van der Waals surface area contributed by atoms with Crippen LogP contribution in [0.5, 0.6) is 0 Å². The number of carbonyl (C=O) groups is 1. The van der Waals surface area contributed by atoms with Crippen molar-refractivity contribution in [2.24, 2.45) is 0 Å². The Hall–Kier alpha value is -3.17. The first kappa shape index (κ1) is 20.1.